The first-order valence-electron chi connectivity index (χ1n) is 12.1. The van der Waals surface area contributed by atoms with Crippen molar-refractivity contribution in [2.45, 2.75) is 141 Å². The molecule has 0 bridgehead atoms. The number of alkyl halides is 1. The van der Waals surface area contributed by atoms with E-state index in [0.29, 0.717) is 12.8 Å². The highest BCUT2D eigenvalue weighted by Gasteiger charge is 2.25. The molecule has 0 aliphatic rings. The molecule has 0 fully saturated rings. The van der Waals surface area contributed by atoms with Gasteiger partial charge in [-0.3, -0.25) is 4.18 Å². The molecule has 0 rings (SSSR count). The molecule has 0 aromatic carbocycles. The van der Waals surface area contributed by atoms with Crippen molar-refractivity contribution in [2.24, 2.45) is 0 Å². The second kappa shape index (κ2) is 20.1. The van der Waals surface area contributed by atoms with Crippen LogP contribution in [0.25, 0.3) is 0 Å². The van der Waals surface area contributed by atoms with Gasteiger partial charge in [0.05, 0.1) is 6.61 Å². The van der Waals surface area contributed by atoms with E-state index in [1.54, 1.807) is 0 Å². The van der Waals surface area contributed by atoms with E-state index in [9.17, 15) is 12.8 Å². The number of rotatable bonds is 22. The van der Waals surface area contributed by atoms with Crippen molar-refractivity contribution < 1.29 is 17.0 Å². The van der Waals surface area contributed by atoms with Crippen LogP contribution in [0.15, 0.2) is 0 Å². The van der Waals surface area contributed by atoms with Gasteiger partial charge in [0.15, 0.2) is 0 Å². The lowest BCUT2D eigenvalue weighted by Crippen LogP contribution is -2.19. The van der Waals surface area contributed by atoms with Crippen molar-refractivity contribution in [1.29, 1.82) is 0 Å². The largest absolute Gasteiger partial charge is 0.299 e. The first-order valence-corrected chi connectivity index (χ1v) is 13.5. The first kappa shape index (κ1) is 27.8. The molecule has 0 amide bonds. The van der Waals surface area contributed by atoms with Gasteiger partial charge >= 0.3 is 0 Å². The van der Waals surface area contributed by atoms with Gasteiger partial charge in [0.25, 0.3) is 10.1 Å². The summed E-state index contributed by atoms with van der Waals surface area (Å²) in [5.41, 5.74) is -1.86. The van der Waals surface area contributed by atoms with Crippen LogP contribution in [0.4, 0.5) is 4.39 Å². The Labute approximate surface area is 175 Å². The van der Waals surface area contributed by atoms with Crippen LogP contribution in [-0.4, -0.2) is 20.5 Å². The summed E-state index contributed by atoms with van der Waals surface area (Å²) in [6.45, 7) is 4.53. The monoisotopic (exact) mass is 422 g/mol. The van der Waals surface area contributed by atoms with Gasteiger partial charge in [-0.25, -0.2) is 4.39 Å². The van der Waals surface area contributed by atoms with Gasteiger partial charge in [0.2, 0.25) is 5.50 Å². The Kier molecular flexibility index (Phi) is 20.0. The number of hydrogen-bond donors (Lipinski definition) is 0. The van der Waals surface area contributed by atoms with Crippen LogP contribution in [0.5, 0.6) is 0 Å². The maximum atomic E-state index is 13.9. The molecule has 0 aliphatic heterocycles. The van der Waals surface area contributed by atoms with Gasteiger partial charge in [0.1, 0.15) is 0 Å². The van der Waals surface area contributed by atoms with Crippen LogP contribution in [-0.2, 0) is 14.3 Å². The molecule has 170 valence electrons. The van der Waals surface area contributed by atoms with Gasteiger partial charge in [-0.15, -0.1) is 0 Å². The predicted molar refractivity (Wildman–Crippen MR) is 119 cm³/mol. The summed E-state index contributed by atoms with van der Waals surface area (Å²) in [4.78, 5) is 0. The van der Waals surface area contributed by atoms with Crippen molar-refractivity contribution in [2.75, 3.05) is 6.61 Å². The van der Waals surface area contributed by atoms with Gasteiger partial charge in [-0.2, -0.15) is 8.42 Å². The summed E-state index contributed by atoms with van der Waals surface area (Å²) in [5, 5.41) is 0. The molecule has 0 N–H and O–H groups in total. The number of halogens is 1. The fraction of sp³-hybridized carbons (Fsp3) is 1.00. The molecular weight excluding hydrogens is 375 g/mol. The highest BCUT2D eigenvalue weighted by Crippen LogP contribution is 2.17. The van der Waals surface area contributed by atoms with Gasteiger partial charge in [-0.1, -0.05) is 117 Å². The van der Waals surface area contributed by atoms with E-state index in [-0.39, 0.29) is 13.0 Å². The lowest BCUT2D eigenvalue weighted by Gasteiger charge is -2.10. The van der Waals surface area contributed by atoms with E-state index in [4.69, 9.17) is 4.18 Å². The van der Waals surface area contributed by atoms with Gasteiger partial charge < -0.3 is 0 Å². The van der Waals surface area contributed by atoms with Crippen LogP contribution in [0.2, 0.25) is 0 Å². The molecule has 1 atom stereocenters. The van der Waals surface area contributed by atoms with Crippen LogP contribution in [0.3, 0.4) is 0 Å². The van der Waals surface area contributed by atoms with Crippen LogP contribution in [0.1, 0.15) is 136 Å². The van der Waals surface area contributed by atoms with E-state index in [1.807, 2.05) is 0 Å². The molecule has 28 heavy (non-hydrogen) atoms. The summed E-state index contributed by atoms with van der Waals surface area (Å²) < 4.78 is 42.4. The van der Waals surface area contributed by atoms with Gasteiger partial charge in [0, 0.05) is 0 Å². The Hall–Kier alpha value is -0.160. The van der Waals surface area contributed by atoms with Gasteiger partial charge in [-0.05, 0) is 19.3 Å². The molecule has 0 saturated carbocycles. The van der Waals surface area contributed by atoms with Crippen LogP contribution < -0.4 is 0 Å². The smallest absolute Gasteiger partial charge is 0.268 e. The van der Waals surface area contributed by atoms with Crippen molar-refractivity contribution in [3.8, 4) is 0 Å². The second-order valence-corrected chi connectivity index (χ2v) is 9.90. The molecule has 0 heterocycles. The summed E-state index contributed by atoms with van der Waals surface area (Å²) in [6.07, 6.45) is 20.7. The molecule has 1 unspecified atom stereocenters. The van der Waals surface area contributed by atoms with Crippen LogP contribution in [0, 0.1) is 0 Å². The minimum absolute atomic E-state index is 0.0639. The van der Waals surface area contributed by atoms with Crippen molar-refractivity contribution in [3.63, 3.8) is 0 Å². The third-order valence-electron chi connectivity index (χ3n) is 5.34. The Balaban J connectivity index is 3.50. The third-order valence-corrected chi connectivity index (χ3v) is 6.70. The molecular formula is C23H47FO3S. The fourth-order valence-electron chi connectivity index (χ4n) is 3.42. The Morgan fingerprint density at radius 1 is 0.607 bits per heavy atom. The zero-order valence-corrected chi connectivity index (χ0v) is 19.5. The third kappa shape index (κ3) is 17.9. The molecule has 0 aromatic heterocycles. The Bertz CT molecular complexity index is 412. The molecule has 0 aromatic rings. The number of unbranched alkanes of at least 4 members (excludes halogenated alkanes) is 16. The zero-order valence-electron chi connectivity index (χ0n) is 18.7. The highest BCUT2D eigenvalue weighted by molar-refractivity contribution is 7.87. The average Bonchev–Trinajstić information content (AvgIpc) is 2.68. The lowest BCUT2D eigenvalue weighted by atomic mass is 10.1. The van der Waals surface area contributed by atoms with E-state index in [1.165, 1.54) is 70.6 Å². The highest BCUT2D eigenvalue weighted by atomic mass is 32.2. The van der Waals surface area contributed by atoms with Crippen molar-refractivity contribution in [3.05, 3.63) is 0 Å². The minimum Gasteiger partial charge on any atom is -0.268 e. The normalized spacial score (nSPS) is 13.1. The second-order valence-electron chi connectivity index (χ2n) is 8.17. The van der Waals surface area contributed by atoms with E-state index >= 15 is 0 Å². The van der Waals surface area contributed by atoms with Crippen molar-refractivity contribution in [1.82, 2.24) is 0 Å². The topological polar surface area (TPSA) is 43.4 Å². The lowest BCUT2D eigenvalue weighted by molar-refractivity contribution is 0.270. The van der Waals surface area contributed by atoms with Crippen LogP contribution >= 0.6 is 0 Å². The first-order chi connectivity index (χ1) is 13.5. The molecule has 0 spiro atoms. The Morgan fingerprint density at radius 2 is 0.964 bits per heavy atom. The molecule has 5 heteroatoms. The molecule has 0 radical (unpaired) electrons. The zero-order chi connectivity index (χ0) is 20.9. The SMILES string of the molecule is CCCCCCCCCCCCCOS(=O)(=O)C(F)CCCCCCCCC. The van der Waals surface area contributed by atoms with Crippen molar-refractivity contribution >= 4 is 10.1 Å². The standard InChI is InChI=1S/C23H47FO3S/c1-3-5-7-9-11-12-13-14-16-18-20-22-27-28(25,26)23(24)21-19-17-15-10-8-6-4-2/h23H,3-22H2,1-2H3. The predicted octanol–water partition coefficient (Wildman–Crippen LogP) is 8.08. The fourth-order valence-corrected chi connectivity index (χ4v) is 4.37. The maximum Gasteiger partial charge on any atom is 0.299 e. The Morgan fingerprint density at radius 3 is 1.39 bits per heavy atom. The number of hydrogen-bond acceptors (Lipinski definition) is 3. The summed E-state index contributed by atoms with van der Waals surface area (Å²) in [7, 11) is -4.04. The van der Waals surface area contributed by atoms with E-state index in [2.05, 4.69) is 13.8 Å². The molecule has 0 saturated heterocycles. The molecule has 0 aliphatic carbocycles. The minimum atomic E-state index is -4.04. The average molecular weight is 423 g/mol. The summed E-state index contributed by atoms with van der Waals surface area (Å²) in [5.74, 6) is 0. The van der Waals surface area contributed by atoms with E-state index in [0.717, 1.165) is 32.1 Å². The molecule has 3 nitrogen and oxygen atoms in total. The maximum absolute atomic E-state index is 13.9. The summed E-state index contributed by atoms with van der Waals surface area (Å²) >= 11 is 0. The quantitative estimate of drug-likeness (QED) is 0.131. The van der Waals surface area contributed by atoms with E-state index < -0.39 is 15.6 Å². The summed E-state index contributed by atoms with van der Waals surface area (Å²) in [6, 6.07) is 0.